The first-order chi connectivity index (χ1) is 13.6. The second-order valence-corrected chi connectivity index (χ2v) is 6.85. The van der Waals surface area contributed by atoms with Crippen molar-refractivity contribution in [3.8, 4) is 11.7 Å². The zero-order chi connectivity index (χ0) is 19.5. The van der Waals surface area contributed by atoms with E-state index in [1.54, 1.807) is 35.1 Å². The molecule has 0 aliphatic heterocycles. The van der Waals surface area contributed by atoms with Crippen LogP contribution in [0.3, 0.4) is 0 Å². The fourth-order valence-corrected chi connectivity index (χ4v) is 3.24. The van der Waals surface area contributed by atoms with Crippen LogP contribution >= 0.6 is 0 Å². The van der Waals surface area contributed by atoms with Crippen molar-refractivity contribution in [1.29, 1.82) is 0 Å². The van der Waals surface area contributed by atoms with E-state index in [1.165, 1.54) is 4.90 Å². The number of nitrogens with one attached hydrogen (secondary N) is 1. The minimum atomic E-state index is -0.0718. The molecular formula is C20H22N5O3+. The first-order valence-electron chi connectivity index (χ1n) is 9.31. The molecule has 8 heteroatoms. The first-order valence-corrected chi connectivity index (χ1v) is 9.31. The molecule has 0 bridgehead atoms. The van der Waals surface area contributed by atoms with Gasteiger partial charge >= 0.3 is 0 Å². The van der Waals surface area contributed by atoms with Gasteiger partial charge in [-0.15, -0.1) is 10.2 Å². The molecule has 4 aromatic heterocycles. The molecule has 0 fully saturated rings. The van der Waals surface area contributed by atoms with Gasteiger partial charge in [0.15, 0.2) is 12.3 Å². The summed E-state index contributed by atoms with van der Waals surface area (Å²) < 4.78 is 12.6. The van der Waals surface area contributed by atoms with Crippen LogP contribution in [0.15, 0.2) is 56.4 Å². The van der Waals surface area contributed by atoms with Crippen LogP contribution in [0.2, 0.25) is 0 Å². The number of furan rings is 1. The number of fused-ring (bicyclic) bond motifs is 1. The van der Waals surface area contributed by atoms with Crippen molar-refractivity contribution in [2.45, 2.75) is 33.4 Å². The number of nitrogens with zero attached hydrogens (tertiary/aromatic N) is 4. The third kappa shape index (κ3) is 3.86. The summed E-state index contributed by atoms with van der Waals surface area (Å²) in [6.45, 7) is 6.12. The Labute approximate surface area is 161 Å². The van der Waals surface area contributed by atoms with Crippen molar-refractivity contribution in [3.05, 3.63) is 70.3 Å². The van der Waals surface area contributed by atoms with Crippen LogP contribution in [-0.2, 0) is 13.1 Å². The monoisotopic (exact) mass is 380 g/mol. The lowest BCUT2D eigenvalue weighted by Gasteiger charge is -2.16. The standard InChI is InChI=1S/C20H21N5O3/c1-3-8-24(13-18-22-23-20(28-18)16-5-4-9-27-16)12-15-10-19(26)25-11-14(2)6-7-17(25)21-15/h4-7,9-11H,3,8,12-13H2,1-2H3/p+1. The molecule has 0 radical (unpaired) electrons. The van der Waals surface area contributed by atoms with Gasteiger partial charge in [0.1, 0.15) is 17.9 Å². The normalized spacial score (nSPS) is 12.5. The van der Waals surface area contributed by atoms with E-state index in [1.807, 2.05) is 19.1 Å². The molecule has 1 unspecified atom stereocenters. The van der Waals surface area contributed by atoms with E-state index in [-0.39, 0.29) is 5.56 Å². The Balaban J connectivity index is 1.55. The van der Waals surface area contributed by atoms with E-state index in [4.69, 9.17) is 8.83 Å². The Morgan fingerprint density at radius 3 is 2.86 bits per heavy atom. The van der Waals surface area contributed by atoms with Crippen LogP contribution in [0.5, 0.6) is 0 Å². The Morgan fingerprint density at radius 1 is 1.18 bits per heavy atom. The van der Waals surface area contributed by atoms with Crippen LogP contribution in [0, 0.1) is 6.92 Å². The van der Waals surface area contributed by atoms with Crippen LogP contribution < -0.4 is 10.5 Å². The van der Waals surface area contributed by atoms with Gasteiger partial charge in [-0.25, -0.2) is 4.98 Å². The van der Waals surface area contributed by atoms with Crippen molar-refractivity contribution in [1.82, 2.24) is 19.6 Å². The molecule has 28 heavy (non-hydrogen) atoms. The predicted molar refractivity (Wildman–Crippen MR) is 102 cm³/mol. The minimum Gasteiger partial charge on any atom is -0.459 e. The zero-order valence-corrected chi connectivity index (χ0v) is 15.9. The predicted octanol–water partition coefficient (Wildman–Crippen LogP) is 1.64. The number of rotatable bonds is 7. The van der Waals surface area contributed by atoms with Crippen LogP contribution in [0.1, 0.15) is 30.5 Å². The highest BCUT2D eigenvalue weighted by molar-refractivity contribution is 5.42. The Kier molecular flexibility index (Phi) is 5.03. The number of aromatic nitrogens is 4. The molecule has 0 spiro atoms. The highest BCUT2D eigenvalue weighted by Crippen LogP contribution is 2.17. The Morgan fingerprint density at radius 2 is 2.07 bits per heavy atom. The number of quaternary nitrogens is 1. The SMILES string of the molecule is CCC[NH+](Cc1cc(=O)n2cc(C)ccc2n1)Cc1nnc(-c2ccco2)o1. The molecule has 0 aromatic carbocycles. The van der Waals surface area contributed by atoms with E-state index >= 15 is 0 Å². The number of aryl methyl sites for hydroxylation is 1. The Bertz CT molecular complexity index is 1130. The summed E-state index contributed by atoms with van der Waals surface area (Å²) in [5.74, 6) is 1.45. The van der Waals surface area contributed by atoms with Gasteiger partial charge in [-0.05, 0) is 37.1 Å². The number of hydrogen-bond acceptors (Lipinski definition) is 6. The molecular weight excluding hydrogens is 358 g/mol. The lowest BCUT2D eigenvalue weighted by atomic mass is 10.3. The maximum Gasteiger partial charge on any atom is 0.283 e. The van der Waals surface area contributed by atoms with Crippen molar-refractivity contribution in [2.24, 2.45) is 0 Å². The minimum absolute atomic E-state index is 0.0718. The summed E-state index contributed by atoms with van der Waals surface area (Å²) in [4.78, 5) is 18.3. The average Bonchev–Trinajstić information content (AvgIpc) is 3.34. The van der Waals surface area contributed by atoms with Crippen LogP contribution in [-0.4, -0.2) is 26.1 Å². The maximum atomic E-state index is 12.4. The molecule has 0 saturated carbocycles. The molecule has 4 rings (SSSR count). The summed E-state index contributed by atoms with van der Waals surface area (Å²) >= 11 is 0. The van der Waals surface area contributed by atoms with Crippen molar-refractivity contribution in [2.75, 3.05) is 6.54 Å². The van der Waals surface area contributed by atoms with E-state index in [2.05, 4.69) is 22.1 Å². The van der Waals surface area contributed by atoms with Crippen molar-refractivity contribution in [3.63, 3.8) is 0 Å². The largest absolute Gasteiger partial charge is 0.459 e. The van der Waals surface area contributed by atoms with E-state index in [0.717, 1.165) is 24.2 Å². The first kappa shape index (κ1) is 18.1. The van der Waals surface area contributed by atoms with Gasteiger partial charge in [0.2, 0.25) is 0 Å². The summed E-state index contributed by atoms with van der Waals surface area (Å²) in [5, 5.41) is 8.18. The van der Waals surface area contributed by atoms with Crippen molar-refractivity contribution >= 4 is 5.65 Å². The third-order valence-corrected chi connectivity index (χ3v) is 4.50. The fraction of sp³-hybridized carbons (Fsp3) is 0.300. The quantitative estimate of drug-likeness (QED) is 0.524. The molecule has 8 nitrogen and oxygen atoms in total. The summed E-state index contributed by atoms with van der Waals surface area (Å²) in [5.41, 5.74) is 2.36. The van der Waals surface area contributed by atoms with Crippen molar-refractivity contribution < 1.29 is 13.7 Å². The van der Waals surface area contributed by atoms with Gasteiger partial charge in [-0.1, -0.05) is 13.0 Å². The summed E-state index contributed by atoms with van der Waals surface area (Å²) in [6, 6.07) is 8.98. The highest BCUT2D eigenvalue weighted by Gasteiger charge is 2.18. The molecule has 4 aromatic rings. The molecule has 0 aliphatic carbocycles. The molecule has 1 N–H and O–H groups in total. The molecule has 0 aliphatic rings. The van der Waals surface area contributed by atoms with Gasteiger partial charge in [-0.3, -0.25) is 9.20 Å². The highest BCUT2D eigenvalue weighted by atomic mass is 16.4. The van der Waals surface area contributed by atoms with Gasteiger partial charge in [0.05, 0.1) is 12.8 Å². The lowest BCUT2D eigenvalue weighted by Crippen LogP contribution is -3.09. The summed E-state index contributed by atoms with van der Waals surface area (Å²) in [7, 11) is 0. The summed E-state index contributed by atoms with van der Waals surface area (Å²) in [6.07, 6.45) is 4.36. The molecule has 1 atom stereocenters. The average molecular weight is 380 g/mol. The third-order valence-electron chi connectivity index (χ3n) is 4.50. The Hall–Kier alpha value is -3.26. The molecule has 0 saturated heterocycles. The fourth-order valence-electron chi connectivity index (χ4n) is 3.24. The van der Waals surface area contributed by atoms with Gasteiger partial charge in [0, 0.05) is 12.3 Å². The topological polar surface area (TPSA) is 90.9 Å². The second-order valence-electron chi connectivity index (χ2n) is 6.85. The maximum absolute atomic E-state index is 12.4. The smallest absolute Gasteiger partial charge is 0.283 e. The van der Waals surface area contributed by atoms with Gasteiger partial charge < -0.3 is 13.7 Å². The van der Waals surface area contributed by atoms with E-state index in [0.29, 0.717) is 36.3 Å². The second kappa shape index (κ2) is 7.77. The van der Waals surface area contributed by atoms with Gasteiger partial charge in [-0.2, -0.15) is 0 Å². The van der Waals surface area contributed by atoms with E-state index < -0.39 is 0 Å². The molecule has 144 valence electrons. The number of pyridine rings is 1. The van der Waals surface area contributed by atoms with E-state index in [9.17, 15) is 4.79 Å². The van der Waals surface area contributed by atoms with Crippen LogP contribution in [0.25, 0.3) is 17.3 Å². The lowest BCUT2D eigenvalue weighted by molar-refractivity contribution is -0.929. The molecule has 4 heterocycles. The van der Waals surface area contributed by atoms with Crippen LogP contribution in [0.4, 0.5) is 0 Å². The number of hydrogen-bond donors (Lipinski definition) is 1. The zero-order valence-electron chi connectivity index (χ0n) is 15.9. The van der Waals surface area contributed by atoms with Gasteiger partial charge in [0.25, 0.3) is 17.3 Å². The molecule has 0 amide bonds.